The van der Waals surface area contributed by atoms with E-state index in [1.807, 2.05) is 54.7 Å². The van der Waals surface area contributed by atoms with Crippen LogP contribution < -0.4 is 14.8 Å². The number of carbonyl (C=O) groups is 1. The highest BCUT2D eigenvalue weighted by Gasteiger charge is 2.28. The molecule has 3 aliphatic heterocycles. The smallest absolute Gasteiger partial charge is 0.225 e. The first-order chi connectivity index (χ1) is 16.6. The van der Waals surface area contributed by atoms with E-state index in [1.54, 1.807) is 6.20 Å². The second-order valence-electron chi connectivity index (χ2n) is 8.70. The lowest BCUT2D eigenvalue weighted by Gasteiger charge is -2.26. The maximum atomic E-state index is 11.7. The van der Waals surface area contributed by atoms with Gasteiger partial charge in [-0.25, -0.2) is 4.98 Å². The van der Waals surface area contributed by atoms with E-state index in [4.69, 9.17) is 26.1 Å². The second-order valence-corrected chi connectivity index (χ2v) is 9.11. The highest BCUT2D eigenvalue weighted by molar-refractivity contribution is 6.32. The molecule has 1 N–H and O–H groups in total. The third kappa shape index (κ3) is 3.94. The van der Waals surface area contributed by atoms with Crippen molar-refractivity contribution < 1.29 is 14.3 Å². The molecule has 3 aromatic rings. The highest BCUT2D eigenvalue weighted by Crippen LogP contribution is 2.38. The maximum absolute atomic E-state index is 11.7. The van der Waals surface area contributed by atoms with Crippen LogP contribution in [0.15, 0.2) is 65.9 Å². The van der Waals surface area contributed by atoms with Crippen LogP contribution in [0.2, 0.25) is 5.02 Å². The van der Waals surface area contributed by atoms with Gasteiger partial charge in [0.2, 0.25) is 5.91 Å². The minimum atomic E-state index is -0.0175. The van der Waals surface area contributed by atoms with Crippen LogP contribution in [0.5, 0.6) is 17.2 Å². The molecule has 1 unspecified atom stereocenters. The Morgan fingerprint density at radius 3 is 2.94 bits per heavy atom. The van der Waals surface area contributed by atoms with Crippen LogP contribution in [0.25, 0.3) is 5.57 Å². The summed E-state index contributed by atoms with van der Waals surface area (Å²) in [6.07, 6.45) is 6.23. The summed E-state index contributed by atoms with van der Waals surface area (Å²) in [6, 6.07) is 15.6. The Morgan fingerprint density at radius 1 is 1.12 bits per heavy atom. The lowest BCUT2D eigenvalue weighted by Crippen LogP contribution is -2.27. The number of fused-ring (bicyclic) bond motifs is 2. The highest BCUT2D eigenvalue weighted by atomic mass is 35.5. The lowest BCUT2D eigenvalue weighted by atomic mass is 9.89. The van der Waals surface area contributed by atoms with E-state index in [-0.39, 0.29) is 11.8 Å². The molecule has 3 aliphatic rings. The van der Waals surface area contributed by atoms with Gasteiger partial charge in [-0.15, -0.1) is 0 Å². The fourth-order valence-electron chi connectivity index (χ4n) is 4.71. The summed E-state index contributed by atoms with van der Waals surface area (Å²) in [4.78, 5) is 20.7. The summed E-state index contributed by atoms with van der Waals surface area (Å²) >= 11 is 6.39. The van der Waals surface area contributed by atoms with Gasteiger partial charge in [0.05, 0.1) is 6.61 Å². The molecule has 7 heteroatoms. The Bertz CT molecular complexity index is 1360. The number of halogens is 1. The number of allylic oxidation sites excluding steroid dienone is 1. The van der Waals surface area contributed by atoms with Crippen molar-refractivity contribution in [2.75, 3.05) is 11.9 Å². The second kappa shape index (κ2) is 8.61. The molecule has 0 aliphatic carbocycles. The molecule has 1 atom stereocenters. The van der Waals surface area contributed by atoms with Gasteiger partial charge in [-0.1, -0.05) is 29.8 Å². The third-order valence-electron chi connectivity index (χ3n) is 6.49. The number of carbonyl (C=O) groups excluding carboxylic acids is 1. The maximum Gasteiger partial charge on any atom is 0.225 e. The van der Waals surface area contributed by atoms with Crippen molar-refractivity contribution >= 4 is 34.6 Å². The number of aromatic nitrogens is 1. The van der Waals surface area contributed by atoms with E-state index in [2.05, 4.69) is 10.3 Å². The zero-order valence-electron chi connectivity index (χ0n) is 18.4. The van der Waals surface area contributed by atoms with Gasteiger partial charge in [0.25, 0.3) is 0 Å². The molecular weight excluding hydrogens is 450 g/mol. The van der Waals surface area contributed by atoms with Crippen molar-refractivity contribution in [3.63, 3.8) is 0 Å². The molecule has 6 nitrogen and oxygen atoms in total. The zero-order valence-corrected chi connectivity index (χ0v) is 19.1. The Morgan fingerprint density at radius 2 is 2.03 bits per heavy atom. The lowest BCUT2D eigenvalue weighted by molar-refractivity contribution is -0.116. The molecule has 0 bridgehead atoms. The molecule has 1 amide bonds. The van der Waals surface area contributed by atoms with Gasteiger partial charge in [0.15, 0.2) is 0 Å². The summed E-state index contributed by atoms with van der Waals surface area (Å²) in [6.45, 7) is 0.604. The fourth-order valence-corrected chi connectivity index (χ4v) is 4.97. The van der Waals surface area contributed by atoms with Gasteiger partial charge in [-0.2, -0.15) is 0 Å². The molecule has 0 fully saturated rings. The normalized spacial score (nSPS) is 18.7. The van der Waals surface area contributed by atoms with Crippen LogP contribution in [0, 0.1) is 5.92 Å². The van der Waals surface area contributed by atoms with Gasteiger partial charge in [0.1, 0.15) is 23.1 Å². The van der Waals surface area contributed by atoms with Crippen LogP contribution in [0.1, 0.15) is 29.5 Å². The topological polar surface area (TPSA) is 72.8 Å². The predicted octanol–water partition coefficient (Wildman–Crippen LogP) is 5.85. The van der Waals surface area contributed by atoms with E-state index in [1.165, 1.54) is 0 Å². The van der Waals surface area contributed by atoms with Gasteiger partial charge >= 0.3 is 0 Å². The van der Waals surface area contributed by atoms with Crippen molar-refractivity contribution in [1.29, 1.82) is 0 Å². The van der Waals surface area contributed by atoms with Crippen molar-refractivity contribution in [2.24, 2.45) is 10.9 Å². The monoisotopic (exact) mass is 471 g/mol. The molecule has 4 heterocycles. The zero-order chi connectivity index (χ0) is 23.1. The van der Waals surface area contributed by atoms with E-state index in [9.17, 15) is 4.79 Å². The van der Waals surface area contributed by atoms with Crippen molar-refractivity contribution in [1.82, 2.24) is 4.98 Å². The number of nitrogens with zero attached hydrogens (tertiary/aromatic N) is 2. The molecule has 34 heavy (non-hydrogen) atoms. The number of rotatable bonds is 4. The Hall–Kier alpha value is -3.64. The van der Waals surface area contributed by atoms with Crippen molar-refractivity contribution in [3.05, 3.63) is 82.6 Å². The van der Waals surface area contributed by atoms with Gasteiger partial charge in [-0.05, 0) is 59.9 Å². The third-order valence-corrected chi connectivity index (χ3v) is 6.82. The van der Waals surface area contributed by atoms with Gasteiger partial charge < -0.3 is 14.8 Å². The van der Waals surface area contributed by atoms with Gasteiger partial charge in [0, 0.05) is 47.5 Å². The number of ether oxygens (including phenoxy) is 2. The van der Waals surface area contributed by atoms with Crippen LogP contribution in [0.4, 0.5) is 5.82 Å². The number of anilines is 1. The molecular formula is C27H22ClN3O3. The van der Waals surface area contributed by atoms with Crippen molar-refractivity contribution in [3.8, 4) is 17.2 Å². The molecule has 0 saturated carbocycles. The standard InChI is InChI=1S/C27H22ClN3O3/c28-22-4-2-1-3-20(22)17-13-23(30-14-17)18-11-16-12-19(5-7-24(16)33-15-18)34-25-9-10-29-27-21(25)6-8-26(32)31-27/h1-5,7,9-10,12,14,18H,6,8,11,13,15H2,(H,29,31,32). The van der Waals surface area contributed by atoms with Crippen LogP contribution in [0.3, 0.4) is 0 Å². The molecule has 2 aromatic carbocycles. The molecule has 170 valence electrons. The van der Waals surface area contributed by atoms with Crippen LogP contribution in [-0.4, -0.2) is 23.2 Å². The quantitative estimate of drug-likeness (QED) is 0.518. The van der Waals surface area contributed by atoms with E-state index in [0.29, 0.717) is 31.0 Å². The first-order valence-electron chi connectivity index (χ1n) is 11.4. The Labute approximate surface area is 202 Å². The van der Waals surface area contributed by atoms with Crippen LogP contribution >= 0.6 is 11.6 Å². The van der Waals surface area contributed by atoms with E-state index in [0.717, 1.165) is 57.3 Å². The number of hydrogen-bond donors (Lipinski definition) is 1. The number of benzene rings is 2. The Balaban J connectivity index is 1.18. The number of aliphatic imine (C=N–C) groups is 1. The minimum Gasteiger partial charge on any atom is -0.493 e. The molecule has 0 spiro atoms. The summed E-state index contributed by atoms with van der Waals surface area (Å²) in [5.41, 5.74) is 5.31. The molecule has 1 aromatic heterocycles. The van der Waals surface area contributed by atoms with Crippen LogP contribution in [-0.2, 0) is 17.6 Å². The summed E-state index contributed by atoms with van der Waals surface area (Å²) < 4.78 is 12.3. The number of pyridine rings is 1. The first-order valence-corrected chi connectivity index (χ1v) is 11.7. The predicted molar refractivity (Wildman–Crippen MR) is 132 cm³/mol. The number of hydrogen-bond acceptors (Lipinski definition) is 5. The number of amides is 1. The van der Waals surface area contributed by atoms with E-state index < -0.39 is 0 Å². The van der Waals surface area contributed by atoms with Gasteiger partial charge in [-0.3, -0.25) is 9.79 Å². The average molecular weight is 472 g/mol. The first kappa shape index (κ1) is 20.9. The fraction of sp³-hybridized carbons (Fsp3) is 0.222. The SMILES string of the molecule is O=C1CCc2c(Oc3ccc4c(c3)CC(C3=NC=C(c5ccccc5Cl)C3)CO4)ccnc2N1. The molecule has 0 saturated heterocycles. The van der Waals surface area contributed by atoms with E-state index >= 15 is 0 Å². The largest absolute Gasteiger partial charge is 0.493 e. The molecule has 6 rings (SSSR count). The molecule has 0 radical (unpaired) electrons. The minimum absolute atomic E-state index is 0.0175. The summed E-state index contributed by atoms with van der Waals surface area (Å²) in [5.74, 6) is 3.09. The summed E-state index contributed by atoms with van der Waals surface area (Å²) in [7, 11) is 0. The average Bonchev–Trinajstić information content (AvgIpc) is 3.34. The number of nitrogens with one attached hydrogen (secondary N) is 1. The Kier molecular flexibility index (Phi) is 5.30. The summed E-state index contributed by atoms with van der Waals surface area (Å²) in [5, 5.41) is 3.56. The van der Waals surface area contributed by atoms with Crippen molar-refractivity contribution in [2.45, 2.75) is 25.7 Å².